The highest BCUT2D eigenvalue weighted by molar-refractivity contribution is 6.00. The third-order valence-electron chi connectivity index (χ3n) is 4.61. The van der Waals surface area contributed by atoms with Crippen LogP contribution < -0.4 is 5.32 Å². The van der Waals surface area contributed by atoms with Gasteiger partial charge in [-0.25, -0.2) is 4.98 Å². The number of aromatic amines is 1. The number of carbonyl (C=O) groups excluding carboxylic acids is 2. The predicted octanol–water partition coefficient (Wildman–Crippen LogP) is -0.272. The molecule has 24 heavy (non-hydrogen) atoms. The summed E-state index contributed by atoms with van der Waals surface area (Å²) >= 11 is 0. The summed E-state index contributed by atoms with van der Waals surface area (Å²) in [6, 6.07) is 7.07. The quantitative estimate of drug-likeness (QED) is 0.792. The molecule has 1 aromatic carbocycles. The Morgan fingerprint density at radius 3 is 2.92 bits per heavy atom. The average Bonchev–Trinajstić information content (AvgIpc) is 3.16. The van der Waals surface area contributed by atoms with Crippen molar-refractivity contribution in [1.82, 2.24) is 30.3 Å². The normalized spacial score (nSPS) is 21.2. The van der Waals surface area contributed by atoms with Gasteiger partial charge in [0.25, 0.3) is 5.91 Å². The van der Waals surface area contributed by atoms with Crippen molar-refractivity contribution < 1.29 is 9.59 Å². The maximum Gasteiger partial charge on any atom is 0.254 e. The van der Waals surface area contributed by atoms with Crippen LogP contribution in [0, 0.1) is 0 Å². The van der Waals surface area contributed by atoms with Crippen LogP contribution in [-0.4, -0.2) is 75.6 Å². The molecule has 8 heteroatoms. The van der Waals surface area contributed by atoms with E-state index in [1.54, 1.807) is 11.0 Å². The number of nitrogens with zero attached hydrogens (tertiary/aromatic N) is 4. The van der Waals surface area contributed by atoms with E-state index in [1.165, 1.54) is 6.33 Å². The molecule has 0 aliphatic carbocycles. The number of rotatable bonds is 2. The van der Waals surface area contributed by atoms with E-state index in [0.717, 1.165) is 12.1 Å². The Balaban J connectivity index is 1.60. The Bertz CT molecular complexity index is 760. The van der Waals surface area contributed by atoms with Crippen molar-refractivity contribution in [3.8, 4) is 11.4 Å². The number of amides is 2. The highest BCUT2D eigenvalue weighted by Crippen LogP contribution is 2.22. The van der Waals surface area contributed by atoms with E-state index >= 15 is 0 Å². The number of H-pyrrole nitrogens is 1. The van der Waals surface area contributed by atoms with Gasteiger partial charge in [-0.15, -0.1) is 0 Å². The van der Waals surface area contributed by atoms with Crippen LogP contribution in [0.5, 0.6) is 0 Å². The van der Waals surface area contributed by atoms with Gasteiger partial charge in [0, 0.05) is 38.3 Å². The van der Waals surface area contributed by atoms with Crippen molar-refractivity contribution in [3.63, 3.8) is 0 Å². The van der Waals surface area contributed by atoms with Gasteiger partial charge in [0.15, 0.2) is 5.82 Å². The molecule has 2 aliphatic heterocycles. The van der Waals surface area contributed by atoms with Gasteiger partial charge >= 0.3 is 0 Å². The molecule has 1 aromatic heterocycles. The summed E-state index contributed by atoms with van der Waals surface area (Å²) in [6.45, 7) is 3.27. The Labute approximate surface area is 138 Å². The molecule has 1 atom stereocenters. The van der Waals surface area contributed by atoms with Crippen molar-refractivity contribution in [2.24, 2.45) is 0 Å². The summed E-state index contributed by atoms with van der Waals surface area (Å²) in [4.78, 5) is 33.1. The van der Waals surface area contributed by atoms with Crippen LogP contribution in [0.15, 0.2) is 30.6 Å². The Kier molecular flexibility index (Phi) is 3.73. The lowest BCUT2D eigenvalue weighted by Crippen LogP contribution is -2.64. The molecule has 2 fully saturated rings. The number of hydrogen-bond acceptors (Lipinski definition) is 5. The van der Waals surface area contributed by atoms with E-state index in [9.17, 15) is 9.59 Å². The first-order valence-corrected chi connectivity index (χ1v) is 8.00. The fourth-order valence-electron chi connectivity index (χ4n) is 3.34. The number of benzene rings is 1. The van der Waals surface area contributed by atoms with Crippen molar-refractivity contribution in [2.45, 2.75) is 6.04 Å². The lowest BCUT2D eigenvalue weighted by Gasteiger charge is -2.43. The summed E-state index contributed by atoms with van der Waals surface area (Å²) in [6.07, 6.45) is 1.42. The van der Waals surface area contributed by atoms with E-state index in [0.29, 0.717) is 37.6 Å². The number of nitrogens with one attached hydrogen (secondary N) is 2. The van der Waals surface area contributed by atoms with Crippen molar-refractivity contribution in [1.29, 1.82) is 0 Å². The number of piperazine rings is 2. The second-order valence-corrected chi connectivity index (χ2v) is 5.97. The molecule has 2 N–H and O–H groups in total. The molecule has 4 rings (SSSR count). The molecule has 124 valence electrons. The summed E-state index contributed by atoms with van der Waals surface area (Å²) < 4.78 is 0. The number of aromatic nitrogens is 3. The molecule has 2 aliphatic rings. The van der Waals surface area contributed by atoms with Gasteiger partial charge in [-0.2, -0.15) is 5.10 Å². The van der Waals surface area contributed by atoms with Gasteiger partial charge < -0.3 is 10.2 Å². The van der Waals surface area contributed by atoms with Crippen LogP contribution >= 0.6 is 0 Å². The lowest BCUT2D eigenvalue weighted by molar-refractivity contribution is -0.131. The van der Waals surface area contributed by atoms with Gasteiger partial charge in [-0.05, 0) is 6.07 Å². The molecular weight excluding hydrogens is 308 g/mol. The molecular formula is C16H18N6O2. The maximum atomic E-state index is 13.0. The standard InChI is InChI=1S/C16H18N6O2/c23-15-13-9-22(8-7-21(13)6-5-17-15)16(24)12-4-2-1-3-11(12)14-18-10-19-20-14/h1-4,10,13H,5-9H2,(H,17,23)(H,18,19,20). The second kappa shape index (κ2) is 6.04. The lowest BCUT2D eigenvalue weighted by atomic mass is 10.0. The summed E-state index contributed by atoms with van der Waals surface area (Å²) in [5.74, 6) is 0.482. The molecule has 0 saturated carbocycles. The zero-order chi connectivity index (χ0) is 16.5. The first-order valence-electron chi connectivity index (χ1n) is 8.00. The third kappa shape index (κ3) is 2.54. The van der Waals surface area contributed by atoms with Gasteiger partial charge in [0.2, 0.25) is 5.91 Å². The average molecular weight is 326 g/mol. The molecule has 2 aromatic rings. The van der Waals surface area contributed by atoms with E-state index in [2.05, 4.69) is 25.4 Å². The number of carbonyl (C=O) groups is 2. The largest absolute Gasteiger partial charge is 0.353 e. The molecule has 0 spiro atoms. The number of hydrogen-bond donors (Lipinski definition) is 2. The first kappa shape index (κ1) is 14.8. The fourth-order valence-corrected chi connectivity index (χ4v) is 3.34. The summed E-state index contributed by atoms with van der Waals surface area (Å²) in [5, 5.41) is 9.53. The highest BCUT2D eigenvalue weighted by atomic mass is 16.2. The van der Waals surface area contributed by atoms with Gasteiger partial charge in [0.1, 0.15) is 12.4 Å². The van der Waals surface area contributed by atoms with Crippen LogP contribution in [0.2, 0.25) is 0 Å². The second-order valence-electron chi connectivity index (χ2n) is 5.97. The van der Waals surface area contributed by atoms with Crippen LogP contribution in [0.1, 0.15) is 10.4 Å². The van der Waals surface area contributed by atoms with E-state index in [1.807, 2.05) is 18.2 Å². The minimum absolute atomic E-state index is 0.00210. The Morgan fingerprint density at radius 2 is 2.08 bits per heavy atom. The summed E-state index contributed by atoms with van der Waals surface area (Å²) in [5.41, 5.74) is 1.29. The van der Waals surface area contributed by atoms with Gasteiger partial charge in [0.05, 0.1) is 5.56 Å². The zero-order valence-corrected chi connectivity index (χ0v) is 13.1. The molecule has 2 saturated heterocycles. The molecule has 1 unspecified atom stereocenters. The molecule has 0 bridgehead atoms. The topological polar surface area (TPSA) is 94.2 Å². The van der Waals surface area contributed by atoms with Crippen molar-refractivity contribution in [2.75, 3.05) is 32.7 Å². The maximum absolute atomic E-state index is 13.0. The van der Waals surface area contributed by atoms with E-state index in [4.69, 9.17) is 0 Å². The van der Waals surface area contributed by atoms with Crippen molar-refractivity contribution >= 4 is 11.8 Å². The Hall–Kier alpha value is -2.74. The van der Waals surface area contributed by atoms with E-state index in [-0.39, 0.29) is 17.9 Å². The van der Waals surface area contributed by atoms with Crippen LogP contribution in [0.25, 0.3) is 11.4 Å². The van der Waals surface area contributed by atoms with Gasteiger partial charge in [-0.3, -0.25) is 19.6 Å². The smallest absolute Gasteiger partial charge is 0.254 e. The molecule has 2 amide bonds. The molecule has 8 nitrogen and oxygen atoms in total. The summed E-state index contributed by atoms with van der Waals surface area (Å²) in [7, 11) is 0. The first-order chi connectivity index (χ1) is 11.7. The van der Waals surface area contributed by atoms with Gasteiger partial charge in [-0.1, -0.05) is 18.2 Å². The van der Waals surface area contributed by atoms with Crippen LogP contribution in [-0.2, 0) is 4.79 Å². The van der Waals surface area contributed by atoms with Crippen LogP contribution in [0.3, 0.4) is 0 Å². The predicted molar refractivity (Wildman–Crippen MR) is 86.1 cm³/mol. The molecule has 3 heterocycles. The Morgan fingerprint density at radius 1 is 1.21 bits per heavy atom. The van der Waals surface area contributed by atoms with E-state index < -0.39 is 0 Å². The monoisotopic (exact) mass is 326 g/mol. The SMILES string of the molecule is O=C1NCCN2CCN(C(=O)c3ccccc3-c3ncn[nH]3)CC12. The third-order valence-corrected chi connectivity index (χ3v) is 4.61. The zero-order valence-electron chi connectivity index (χ0n) is 13.1. The fraction of sp³-hybridized carbons (Fsp3) is 0.375. The minimum atomic E-state index is -0.256. The number of fused-ring (bicyclic) bond motifs is 1. The van der Waals surface area contributed by atoms with Crippen LogP contribution in [0.4, 0.5) is 0 Å². The molecule has 0 radical (unpaired) electrons. The van der Waals surface area contributed by atoms with Crippen molar-refractivity contribution in [3.05, 3.63) is 36.2 Å². The minimum Gasteiger partial charge on any atom is -0.353 e. The highest BCUT2D eigenvalue weighted by Gasteiger charge is 2.36.